The summed E-state index contributed by atoms with van der Waals surface area (Å²) in [7, 11) is 0. The molecule has 0 radical (unpaired) electrons. The Balaban J connectivity index is 2.34. The van der Waals surface area contributed by atoms with Crippen molar-refractivity contribution in [1.29, 1.82) is 0 Å². The van der Waals surface area contributed by atoms with E-state index < -0.39 is 0 Å². The minimum atomic E-state index is 0.216. The van der Waals surface area contributed by atoms with Crippen LogP contribution in [0.5, 0.6) is 0 Å². The zero-order valence-electron chi connectivity index (χ0n) is 8.88. The van der Waals surface area contributed by atoms with Crippen LogP contribution in [-0.4, -0.2) is 0 Å². The Bertz CT molecular complexity index is 330. The first-order valence-electron chi connectivity index (χ1n) is 5.22. The molecular weight excluding hydrogens is 172 g/mol. The number of hydrogen-bond acceptors (Lipinski definition) is 2. The maximum absolute atomic E-state index is 6.15. The van der Waals surface area contributed by atoms with Gasteiger partial charge in [-0.05, 0) is 49.3 Å². The molecule has 0 bridgehead atoms. The van der Waals surface area contributed by atoms with Gasteiger partial charge in [-0.25, -0.2) is 0 Å². The van der Waals surface area contributed by atoms with E-state index in [0.29, 0.717) is 5.92 Å². The fourth-order valence-corrected chi connectivity index (χ4v) is 1.93. The van der Waals surface area contributed by atoms with E-state index >= 15 is 0 Å². The van der Waals surface area contributed by atoms with Crippen LogP contribution in [0.4, 0.5) is 5.69 Å². The molecule has 1 aromatic rings. The van der Waals surface area contributed by atoms with Gasteiger partial charge in [0, 0.05) is 11.7 Å². The molecule has 76 valence electrons. The van der Waals surface area contributed by atoms with Crippen molar-refractivity contribution in [3.05, 3.63) is 28.8 Å². The van der Waals surface area contributed by atoms with E-state index in [9.17, 15) is 0 Å². The van der Waals surface area contributed by atoms with Crippen molar-refractivity contribution in [3.63, 3.8) is 0 Å². The molecule has 4 N–H and O–H groups in total. The topological polar surface area (TPSA) is 52.0 Å². The summed E-state index contributed by atoms with van der Waals surface area (Å²) in [6.45, 7) is 4.09. The van der Waals surface area contributed by atoms with Crippen LogP contribution in [0, 0.1) is 19.8 Å². The van der Waals surface area contributed by atoms with Gasteiger partial charge in [0.05, 0.1) is 0 Å². The average molecular weight is 190 g/mol. The molecule has 1 aliphatic carbocycles. The lowest BCUT2D eigenvalue weighted by atomic mass is 9.97. The van der Waals surface area contributed by atoms with Crippen LogP contribution >= 0.6 is 0 Å². The molecule has 0 heterocycles. The van der Waals surface area contributed by atoms with Gasteiger partial charge in [-0.2, -0.15) is 0 Å². The molecule has 14 heavy (non-hydrogen) atoms. The minimum absolute atomic E-state index is 0.216. The molecule has 1 atom stereocenters. The quantitative estimate of drug-likeness (QED) is 0.703. The van der Waals surface area contributed by atoms with Gasteiger partial charge in [0.1, 0.15) is 0 Å². The smallest absolute Gasteiger partial charge is 0.0373 e. The standard InChI is InChI=1S/C12H18N2/c1-7-5-10(6-8(2)11(7)13)12(14)9-3-4-9/h5-6,9,12H,3-4,13-14H2,1-2H3/t12-/m1/s1. The number of hydrogen-bond donors (Lipinski definition) is 2. The van der Waals surface area contributed by atoms with Crippen molar-refractivity contribution < 1.29 is 0 Å². The maximum Gasteiger partial charge on any atom is 0.0373 e. The molecular formula is C12H18N2. The van der Waals surface area contributed by atoms with Crippen molar-refractivity contribution in [1.82, 2.24) is 0 Å². The van der Waals surface area contributed by atoms with Gasteiger partial charge in [0.25, 0.3) is 0 Å². The largest absolute Gasteiger partial charge is 0.398 e. The monoisotopic (exact) mass is 190 g/mol. The lowest BCUT2D eigenvalue weighted by Crippen LogP contribution is -2.13. The minimum Gasteiger partial charge on any atom is -0.398 e. The summed E-state index contributed by atoms with van der Waals surface area (Å²) >= 11 is 0. The Labute approximate surface area is 85.3 Å². The lowest BCUT2D eigenvalue weighted by molar-refractivity contribution is 0.632. The van der Waals surface area contributed by atoms with Crippen LogP contribution in [0.25, 0.3) is 0 Å². The molecule has 1 fully saturated rings. The molecule has 0 amide bonds. The van der Waals surface area contributed by atoms with E-state index in [0.717, 1.165) is 16.8 Å². The molecule has 0 aliphatic heterocycles. The van der Waals surface area contributed by atoms with Crippen molar-refractivity contribution >= 4 is 5.69 Å². The molecule has 1 saturated carbocycles. The van der Waals surface area contributed by atoms with Crippen LogP contribution < -0.4 is 11.5 Å². The van der Waals surface area contributed by atoms with Gasteiger partial charge in [0.2, 0.25) is 0 Å². The molecule has 2 nitrogen and oxygen atoms in total. The summed E-state index contributed by atoms with van der Waals surface area (Å²) in [4.78, 5) is 0. The number of nitrogen functional groups attached to an aromatic ring is 1. The Morgan fingerprint density at radius 1 is 1.21 bits per heavy atom. The Hall–Kier alpha value is -1.02. The normalized spacial score (nSPS) is 18.2. The Morgan fingerprint density at radius 2 is 1.71 bits per heavy atom. The Kier molecular flexibility index (Phi) is 2.23. The highest BCUT2D eigenvalue weighted by Gasteiger charge is 2.29. The van der Waals surface area contributed by atoms with Crippen LogP contribution in [0.15, 0.2) is 12.1 Å². The maximum atomic E-state index is 6.15. The lowest BCUT2D eigenvalue weighted by Gasteiger charge is -2.14. The summed E-state index contributed by atoms with van der Waals surface area (Å²) < 4.78 is 0. The summed E-state index contributed by atoms with van der Waals surface area (Å²) in [5.74, 6) is 0.706. The van der Waals surface area contributed by atoms with E-state index in [-0.39, 0.29) is 6.04 Å². The van der Waals surface area contributed by atoms with Gasteiger partial charge >= 0.3 is 0 Å². The third-order valence-electron chi connectivity index (χ3n) is 3.13. The van der Waals surface area contributed by atoms with Gasteiger partial charge in [-0.15, -0.1) is 0 Å². The molecule has 1 aromatic carbocycles. The first-order chi connectivity index (χ1) is 6.59. The van der Waals surface area contributed by atoms with Crippen LogP contribution in [-0.2, 0) is 0 Å². The van der Waals surface area contributed by atoms with Gasteiger partial charge < -0.3 is 11.5 Å². The highest BCUT2D eigenvalue weighted by Crippen LogP contribution is 2.40. The molecule has 0 saturated heterocycles. The van der Waals surface area contributed by atoms with E-state index in [1.54, 1.807) is 0 Å². The zero-order chi connectivity index (χ0) is 10.3. The first-order valence-corrected chi connectivity index (χ1v) is 5.22. The number of nitrogens with two attached hydrogens (primary N) is 2. The van der Waals surface area contributed by atoms with Crippen molar-refractivity contribution in [2.75, 3.05) is 5.73 Å². The Morgan fingerprint density at radius 3 is 2.14 bits per heavy atom. The predicted molar refractivity (Wildman–Crippen MR) is 60.0 cm³/mol. The SMILES string of the molecule is Cc1cc([C@H](N)C2CC2)cc(C)c1N. The van der Waals surface area contributed by atoms with E-state index in [4.69, 9.17) is 11.5 Å². The fraction of sp³-hybridized carbons (Fsp3) is 0.500. The zero-order valence-corrected chi connectivity index (χ0v) is 8.88. The fourth-order valence-electron chi connectivity index (χ4n) is 1.93. The summed E-state index contributed by atoms with van der Waals surface area (Å²) in [6.07, 6.45) is 2.56. The van der Waals surface area contributed by atoms with Crippen LogP contribution in [0.1, 0.15) is 35.6 Å². The number of anilines is 1. The van der Waals surface area contributed by atoms with E-state index in [2.05, 4.69) is 12.1 Å². The van der Waals surface area contributed by atoms with Crippen LogP contribution in [0.3, 0.4) is 0 Å². The second-order valence-electron chi connectivity index (χ2n) is 4.43. The number of aryl methyl sites for hydroxylation is 2. The van der Waals surface area contributed by atoms with Crippen molar-refractivity contribution in [2.24, 2.45) is 11.7 Å². The summed E-state index contributed by atoms with van der Waals surface area (Å²) in [5, 5.41) is 0. The van der Waals surface area contributed by atoms with E-state index in [1.165, 1.54) is 18.4 Å². The first kappa shape index (κ1) is 9.53. The molecule has 2 rings (SSSR count). The highest BCUT2D eigenvalue weighted by molar-refractivity contribution is 5.54. The predicted octanol–water partition coefficient (Wildman–Crippen LogP) is 2.30. The second-order valence-corrected chi connectivity index (χ2v) is 4.43. The molecule has 0 aromatic heterocycles. The average Bonchev–Trinajstić information content (AvgIpc) is 2.95. The second kappa shape index (κ2) is 3.28. The third-order valence-corrected chi connectivity index (χ3v) is 3.13. The van der Waals surface area contributed by atoms with Crippen molar-refractivity contribution in [2.45, 2.75) is 32.7 Å². The van der Waals surface area contributed by atoms with Crippen molar-refractivity contribution in [3.8, 4) is 0 Å². The van der Waals surface area contributed by atoms with E-state index in [1.807, 2.05) is 13.8 Å². The van der Waals surface area contributed by atoms with Gasteiger partial charge in [-0.3, -0.25) is 0 Å². The summed E-state index contributed by atoms with van der Waals surface area (Å²) in [6, 6.07) is 4.48. The van der Waals surface area contributed by atoms with Crippen LogP contribution in [0.2, 0.25) is 0 Å². The molecule has 0 spiro atoms. The molecule has 2 heteroatoms. The molecule has 1 aliphatic rings. The highest BCUT2D eigenvalue weighted by atomic mass is 14.7. The van der Waals surface area contributed by atoms with Gasteiger partial charge in [0.15, 0.2) is 0 Å². The number of rotatable bonds is 2. The summed E-state index contributed by atoms with van der Waals surface area (Å²) in [5.41, 5.74) is 16.5. The number of benzene rings is 1. The molecule has 0 unspecified atom stereocenters. The third kappa shape index (κ3) is 1.62. The van der Waals surface area contributed by atoms with Gasteiger partial charge in [-0.1, -0.05) is 12.1 Å².